The first-order chi connectivity index (χ1) is 15.5. The Kier molecular flexibility index (Phi) is 8.83. The Balaban J connectivity index is 1.88. The first-order valence-electron chi connectivity index (χ1n) is 10.7. The van der Waals surface area contributed by atoms with E-state index in [0.717, 1.165) is 23.5 Å². The van der Waals surface area contributed by atoms with Crippen molar-refractivity contribution < 1.29 is 14.6 Å². The summed E-state index contributed by atoms with van der Waals surface area (Å²) in [6, 6.07) is 22.4. The highest BCUT2D eigenvalue weighted by Gasteiger charge is 2.12. The number of thioether (sulfide) groups is 1. The van der Waals surface area contributed by atoms with E-state index in [9.17, 15) is 4.79 Å². The van der Waals surface area contributed by atoms with Crippen LogP contribution in [0.3, 0.4) is 0 Å². The highest BCUT2D eigenvalue weighted by molar-refractivity contribution is 7.99. The Morgan fingerprint density at radius 2 is 1.56 bits per heavy atom. The molecule has 5 heteroatoms. The average Bonchev–Trinajstić information content (AvgIpc) is 2.81. The molecule has 0 heterocycles. The summed E-state index contributed by atoms with van der Waals surface area (Å²) in [4.78, 5) is 11.6. The number of carboxylic acids is 1. The van der Waals surface area contributed by atoms with E-state index in [1.54, 1.807) is 23.9 Å². The summed E-state index contributed by atoms with van der Waals surface area (Å²) >= 11 is 8.06. The molecule has 0 atom stereocenters. The fourth-order valence-corrected chi connectivity index (χ4v) is 4.72. The number of carboxylic acid groups (broad SMARTS) is 1. The second-order valence-corrected chi connectivity index (χ2v) is 8.69. The van der Waals surface area contributed by atoms with Crippen LogP contribution in [0, 0.1) is 0 Å². The topological polar surface area (TPSA) is 46.5 Å². The molecule has 0 aliphatic carbocycles. The molecular weight excluding hydrogens is 440 g/mol. The van der Waals surface area contributed by atoms with Gasteiger partial charge < -0.3 is 9.84 Å². The summed E-state index contributed by atoms with van der Waals surface area (Å²) in [6.45, 7) is 3.98. The number of carbonyl (C=O) groups is 1. The van der Waals surface area contributed by atoms with Crippen molar-refractivity contribution in [2.24, 2.45) is 0 Å². The van der Waals surface area contributed by atoms with E-state index in [-0.39, 0.29) is 6.61 Å². The van der Waals surface area contributed by atoms with Crippen molar-refractivity contribution >= 4 is 34.9 Å². The van der Waals surface area contributed by atoms with E-state index in [2.05, 4.69) is 68.5 Å². The van der Waals surface area contributed by atoms with Crippen LogP contribution in [-0.4, -0.2) is 23.4 Å². The quantitative estimate of drug-likeness (QED) is 0.322. The fraction of sp³-hybridized carbons (Fsp3) is 0.222. The van der Waals surface area contributed by atoms with Crippen LogP contribution in [0.15, 0.2) is 77.7 Å². The van der Waals surface area contributed by atoms with Crippen LogP contribution in [0.5, 0.6) is 5.75 Å². The Bertz CT molecular complexity index is 1060. The van der Waals surface area contributed by atoms with E-state index < -0.39 is 5.97 Å². The first kappa shape index (κ1) is 24.0. The second-order valence-electron chi connectivity index (χ2n) is 7.22. The van der Waals surface area contributed by atoms with Crippen molar-refractivity contribution in [2.75, 3.05) is 12.4 Å². The molecular formula is C27H27ClO3S. The first-order valence-corrected chi connectivity index (χ1v) is 12.0. The molecule has 0 unspecified atom stereocenters. The van der Waals surface area contributed by atoms with Crippen molar-refractivity contribution in [3.63, 3.8) is 0 Å². The molecule has 0 saturated heterocycles. The number of hydrogen-bond acceptors (Lipinski definition) is 3. The van der Waals surface area contributed by atoms with E-state index in [1.165, 1.54) is 27.8 Å². The SMILES string of the molecule is CCc1ccccc1C(=CCSc1ccc(OCC(=O)O)cc1Cl)c1ccccc1CC. The molecule has 32 heavy (non-hydrogen) atoms. The largest absolute Gasteiger partial charge is 0.482 e. The Labute approximate surface area is 199 Å². The molecule has 3 aromatic carbocycles. The van der Waals surface area contributed by atoms with E-state index in [4.69, 9.17) is 21.4 Å². The maximum Gasteiger partial charge on any atom is 0.341 e. The third-order valence-corrected chi connectivity index (χ3v) is 6.59. The third kappa shape index (κ3) is 6.18. The third-order valence-electron chi connectivity index (χ3n) is 5.17. The van der Waals surface area contributed by atoms with Crippen molar-refractivity contribution in [1.29, 1.82) is 0 Å². The zero-order chi connectivity index (χ0) is 22.9. The molecule has 0 saturated carbocycles. The minimum absolute atomic E-state index is 0.386. The summed E-state index contributed by atoms with van der Waals surface area (Å²) < 4.78 is 5.21. The van der Waals surface area contributed by atoms with Gasteiger partial charge in [0.2, 0.25) is 0 Å². The zero-order valence-electron chi connectivity index (χ0n) is 18.3. The molecule has 0 aliphatic rings. The summed E-state index contributed by atoms with van der Waals surface area (Å²) in [5, 5.41) is 9.31. The van der Waals surface area contributed by atoms with Gasteiger partial charge in [-0.2, -0.15) is 0 Å². The Morgan fingerprint density at radius 1 is 0.969 bits per heavy atom. The van der Waals surface area contributed by atoms with Crippen LogP contribution in [0.1, 0.15) is 36.1 Å². The summed E-state index contributed by atoms with van der Waals surface area (Å²) in [7, 11) is 0. The monoisotopic (exact) mass is 466 g/mol. The molecule has 3 aromatic rings. The molecule has 0 fully saturated rings. The van der Waals surface area contributed by atoms with Gasteiger partial charge in [-0.15, -0.1) is 11.8 Å². The predicted molar refractivity (Wildman–Crippen MR) is 134 cm³/mol. The van der Waals surface area contributed by atoms with Crippen LogP contribution in [0.25, 0.3) is 5.57 Å². The normalized spacial score (nSPS) is 10.6. The molecule has 0 spiro atoms. The van der Waals surface area contributed by atoms with Gasteiger partial charge in [-0.05, 0) is 58.9 Å². The van der Waals surface area contributed by atoms with Crippen LogP contribution < -0.4 is 4.74 Å². The minimum Gasteiger partial charge on any atom is -0.482 e. The summed E-state index contributed by atoms with van der Waals surface area (Å²) in [5.41, 5.74) is 6.42. The van der Waals surface area contributed by atoms with Crippen LogP contribution in [-0.2, 0) is 17.6 Å². The number of aryl methyl sites for hydroxylation is 2. The van der Waals surface area contributed by atoms with Crippen molar-refractivity contribution in [3.05, 3.63) is 100 Å². The van der Waals surface area contributed by atoms with Gasteiger partial charge in [0.05, 0.1) is 5.02 Å². The second kappa shape index (κ2) is 11.8. The maximum absolute atomic E-state index is 10.7. The molecule has 3 nitrogen and oxygen atoms in total. The number of benzene rings is 3. The molecule has 0 aliphatic heterocycles. The van der Waals surface area contributed by atoms with Crippen molar-refractivity contribution in [1.82, 2.24) is 0 Å². The number of halogens is 1. The number of hydrogen-bond donors (Lipinski definition) is 1. The van der Waals surface area contributed by atoms with Gasteiger partial charge in [0.15, 0.2) is 6.61 Å². The molecule has 0 bridgehead atoms. The molecule has 0 aromatic heterocycles. The molecule has 0 radical (unpaired) electrons. The lowest BCUT2D eigenvalue weighted by molar-refractivity contribution is -0.139. The lowest BCUT2D eigenvalue weighted by Crippen LogP contribution is -2.09. The average molecular weight is 467 g/mol. The van der Waals surface area contributed by atoms with Crippen LogP contribution in [0.2, 0.25) is 5.02 Å². The Morgan fingerprint density at radius 3 is 2.09 bits per heavy atom. The predicted octanol–water partition coefficient (Wildman–Crippen LogP) is 7.15. The highest BCUT2D eigenvalue weighted by atomic mass is 35.5. The van der Waals surface area contributed by atoms with Crippen molar-refractivity contribution in [3.8, 4) is 5.75 Å². The fourth-order valence-electron chi connectivity index (χ4n) is 3.60. The smallest absolute Gasteiger partial charge is 0.341 e. The molecule has 166 valence electrons. The van der Waals surface area contributed by atoms with E-state index in [1.807, 2.05) is 6.07 Å². The lowest BCUT2D eigenvalue weighted by atomic mass is 9.89. The van der Waals surface area contributed by atoms with Gasteiger partial charge in [0.1, 0.15) is 5.75 Å². The van der Waals surface area contributed by atoms with E-state index >= 15 is 0 Å². The Hall–Kier alpha value is -2.69. The van der Waals surface area contributed by atoms with Gasteiger partial charge in [-0.3, -0.25) is 0 Å². The van der Waals surface area contributed by atoms with Gasteiger partial charge in [-0.25, -0.2) is 4.79 Å². The molecule has 1 N–H and O–H groups in total. The van der Waals surface area contributed by atoms with Crippen LogP contribution in [0.4, 0.5) is 0 Å². The molecule has 3 rings (SSSR count). The maximum atomic E-state index is 10.7. The van der Waals surface area contributed by atoms with Crippen LogP contribution >= 0.6 is 23.4 Å². The highest BCUT2D eigenvalue weighted by Crippen LogP contribution is 2.34. The van der Waals surface area contributed by atoms with Gasteiger partial charge in [-0.1, -0.05) is 80.1 Å². The van der Waals surface area contributed by atoms with Crippen molar-refractivity contribution in [2.45, 2.75) is 31.6 Å². The standard InChI is InChI=1S/C27H27ClO3S/c1-3-19-9-5-7-11-22(19)24(23-12-8-6-10-20(23)4-2)15-16-32-26-14-13-21(17-25(26)28)31-18-27(29)30/h5-15,17H,3-4,16,18H2,1-2H3,(H,29,30). The minimum atomic E-state index is -1.02. The lowest BCUT2D eigenvalue weighted by Gasteiger charge is -2.16. The molecule has 0 amide bonds. The van der Waals surface area contributed by atoms with Gasteiger partial charge in [0.25, 0.3) is 0 Å². The van der Waals surface area contributed by atoms with E-state index in [0.29, 0.717) is 10.8 Å². The van der Waals surface area contributed by atoms with Gasteiger partial charge >= 0.3 is 5.97 Å². The summed E-state index contributed by atoms with van der Waals surface area (Å²) in [5.74, 6) is 0.184. The summed E-state index contributed by atoms with van der Waals surface area (Å²) in [6.07, 6.45) is 4.22. The number of ether oxygens (including phenoxy) is 1. The number of rotatable bonds is 10. The number of aliphatic carboxylic acids is 1. The zero-order valence-corrected chi connectivity index (χ0v) is 19.9. The van der Waals surface area contributed by atoms with Gasteiger partial charge in [0, 0.05) is 10.6 Å².